The molecular weight excluding hydrogens is 140 g/mol. The minimum atomic E-state index is 0.895. The first-order valence-electron chi connectivity index (χ1n) is 2.38. The molecule has 0 spiro atoms. The molecular formula is C4H8N2S2. The number of hydrogen-bond acceptors (Lipinski definition) is 3. The summed E-state index contributed by atoms with van der Waals surface area (Å²) in [6.45, 7) is 0.895. The minimum Gasteiger partial charge on any atom is -0.358 e. The molecule has 0 aliphatic carbocycles. The summed E-state index contributed by atoms with van der Waals surface area (Å²) in [6, 6.07) is 0. The molecule has 46 valence electrons. The van der Waals surface area contributed by atoms with E-state index in [0.29, 0.717) is 0 Å². The molecule has 1 aliphatic rings. The van der Waals surface area contributed by atoms with Crippen LogP contribution < -0.4 is 5.32 Å². The molecule has 1 saturated heterocycles. The lowest BCUT2D eigenvalue weighted by Crippen LogP contribution is -2.38. The van der Waals surface area contributed by atoms with Crippen LogP contribution >= 0.6 is 24.0 Å². The molecule has 0 amide bonds. The summed E-state index contributed by atoms with van der Waals surface area (Å²) in [4.78, 5) is 2.17. The lowest BCUT2D eigenvalue weighted by Gasteiger charge is -2.22. The lowest BCUT2D eigenvalue weighted by atomic mass is 10.8. The van der Waals surface area contributed by atoms with E-state index in [1.54, 1.807) is 11.8 Å². The van der Waals surface area contributed by atoms with Crippen LogP contribution in [0.4, 0.5) is 0 Å². The summed E-state index contributed by atoms with van der Waals surface area (Å²) in [5.74, 6) is 1.02. The Morgan fingerprint density at radius 3 is 3.00 bits per heavy atom. The minimum absolute atomic E-state index is 0.895. The summed E-state index contributed by atoms with van der Waals surface area (Å²) in [5, 5.41) is 3.05. The van der Waals surface area contributed by atoms with Crippen LogP contribution in [0.5, 0.6) is 0 Å². The summed E-state index contributed by atoms with van der Waals surface area (Å²) < 4.78 is 0.920. The van der Waals surface area contributed by atoms with E-state index in [9.17, 15) is 0 Å². The Labute approximate surface area is 58.6 Å². The number of nitrogens with one attached hydrogen (secondary N) is 1. The zero-order valence-corrected chi connectivity index (χ0v) is 6.31. The van der Waals surface area contributed by atoms with Gasteiger partial charge in [0, 0.05) is 0 Å². The third kappa shape index (κ3) is 1.61. The van der Waals surface area contributed by atoms with Crippen molar-refractivity contribution in [3.8, 4) is 0 Å². The summed E-state index contributed by atoms with van der Waals surface area (Å²) >= 11 is 6.56. The van der Waals surface area contributed by atoms with Crippen LogP contribution in [0.1, 0.15) is 0 Å². The van der Waals surface area contributed by atoms with E-state index in [1.807, 2.05) is 0 Å². The molecule has 1 fully saturated rings. The first-order chi connectivity index (χ1) is 3.79. The Morgan fingerprint density at radius 1 is 1.88 bits per heavy atom. The Hall–Kier alpha value is 0.200. The number of thioether (sulfide) groups is 1. The van der Waals surface area contributed by atoms with Crippen LogP contribution in [0.15, 0.2) is 0 Å². The average Bonchev–Trinajstić information content (AvgIpc) is 1.77. The average molecular weight is 148 g/mol. The fraction of sp³-hybridized carbons (Fsp3) is 0.750. The fourth-order valence-electron chi connectivity index (χ4n) is 0.465. The van der Waals surface area contributed by atoms with Gasteiger partial charge in [0.1, 0.15) is 4.32 Å². The SMILES string of the molecule is CN1CNC(=S)SC1. The summed E-state index contributed by atoms with van der Waals surface area (Å²) in [7, 11) is 2.06. The highest BCUT2D eigenvalue weighted by atomic mass is 32.2. The van der Waals surface area contributed by atoms with Crippen molar-refractivity contribution in [1.82, 2.24) is 10.2 Å². The second kappa shape index (κ2) is 2.66. The van der Waals surface area contributed by atoms with E-state index >= 15 is 0 Å². The molecule has 8 heavy (non-hydrogen) atoms. The summed E-state index contributed by atoms with van der Waals surface area (Å²) in [5.41, 5.74) is 0. The van der Waals surface area contributed by atoms with Crippen molar-refractivity contribution >= 4 is 28.3 Å². The van der Waals surface area contributed by atoms with Gasteiger partial charge in [-0.1, -0.05) is 24.0 Å². The first kappa shape index (κ1) is 6.32. The molecule has 0 unspecified atom stereocenters. The van der Waals surface area contributed by atoms with Crippen molar-refractivity contribution in [3.63, 3.8) is 0 Å². The van der Waals surface area contributed by atoms with Crippen molar-refractivity contribution in [2.75, 3.05) is 19.6 Å². The zero-order valence-electron chi connectivity index (χ0n) is 4.68. The van der Waals surface area contributed by atoms with Gasteiger partial charge >= 0.3 is 0 Å². The van der Waals surface area contributed by atoms with Gasteiger partial charge < -0.3 is 5.32 Å². The van der Waals surface area contributed by atoms with Crippen LogP contribution in [0.25, 0.3) is 0 Å². The molecule has 0 aromatic heterocycles. The molecule has 0 saturated carbocycles. The van der Waals surface area contributed by atoms with Gasteiger partial charge in [-0.3, -0.25) is 4.90 Å². The van der Waals surface area contributed by atoms with E-state index in [1.165, 1.54) is 0 Å². The fourth-order valence-corrected chi connectivity index (χ4v) is 1.28. The normalized spacial score (nSPS) is 22.9. The van der Waals surface area contributed by atoms with Crippen molar-refractivity contribution < 1.29 is 0 Å². The van der Waals surface area contributed by atoms with E-state index in [2.05, 4.69) is 17.3 Å². The van der Waals surface area contributed by atoms with E-state index < -0.39 is 0 Å². The van der Waals surface area contributed by atoms with Crippen LogP contribution in [0.3, 0.4) is 0 Å². The molecule has 1 N–H and O–H groups in total. The van der Waals surface area contributed by atoms with Gasteiger partial charge in [0.05, 0.1) is 12.5 Å². The maximum atomic E-state index is 4.88. The largest absolute Gasteiger partial charge is 0.358 e. The van der Waals surface area contributed by atoms with Crippen LogP contribution in [-0.2, 0) is 0 Å². The second-order valence-electron chi connectivity index (χ2n) is 1.75. The van der Waals surface area contributed by atoms with Crippen molar-refractivity contribution in [2.24, 2.45) is 0 Å². The van der Waals surface area contributed by atoms with E-state index in [-0.39, 0.29) is 0 Å². The quantitative estimate of drug-likeness (QED) is 0.502. The van der Waals surface area contributed by atoms with Gasteiger partial charge in [-0.05, 0) is 7.05 Å². The first-order valence-corrected chi connectivity index (χ1v) is 3.77. The highest BCUT2D eigenvalue weighted by Crippen LogP contribution is 2.07. The third-order valence-corrected chi connectivity index (χ3v) is 2.38. The van der Waals surface area contributed by atoms with Crippen LogP contribution in [0.2, 0.25) is 0 Å². The highest BCUT2D eigenvalue weighted by molar-refractivity contribution is 8.22. The maximum Gasteiger partial charge on any atom is 0.136 e. The number of nitrogens with zero attached hydrogens (tertiary/aromatic N) is 1. The molecule has 1 rings (SSSR count). The molecule has 0 aromatic rings. The van der Waals surface area contributed by atoms with Crippen molar-refractivity contribution in [2.45, 2.75) is 0 Å². The van der Waals surface area contributed by atoms with Crippen LogP contribution in [0, 0.1) is 0 Å². The number of rotatable bonds is 0. The van der Waals surface area contributed by atoms with Crippen LogP contribution in [-0.4, -0.2) is 28.8 Å². The maximum absolute atomic E-state index is 4.88. The molecule has 2 nitrogen and oxygen atoms in total. The molecule has 0 aromatic carbocycles. The van der Waals surface area contributed by atoms with Gasteiger partial charge in [0.2, 0.25) is 0 Å². The number of hydrogen-bond donors (Lipinski definition) is 1. The third-order valence-electron chi connectivity index (χ3n) is 0.909. The van der Waals surface area contributed by atoms with Gasteiger partial charge in [-0.15, -0.1) is 0 Å². The topological polar surface area (TPSA) is 15.3 Å². The van der Waals surface area contributed by atoms with Gasteiger partial charge in [-0.25, -0.2) is 0 Å². The van der Waals surface area contributed by atoms with Crippen molar-refractivity contribution in [3.05, 3.63) is 0 Å². The van der Waals surface area contributed by atoms with Gasteiger partial charge in [0.15, 0.2) is 0 Å². The van der Waals surface area contributed by atoms with E-state index in [0.717, 1.165) is 16.9 Å². The molecule has 1 heterocycles. The Morgan fingerprint density at radius 2 is 2.62 bits per heavy atom. The molecule has 4 heteroatoms. The highest BCUT2D eigenvalue weighted by Gasteiger charge is 2.06. The monoisotopic (exact) mass is 148 g/mol. The van der Waals surface area contributed by atoms with E-state index in [4.69, 9.17) is 12.2 Å². The van der Waals surface area contributed by atoms with Crippen molar-refractivity contribution in [1.29, 1.82) is 0 Å². The molecule has 1 aliphatic heterocycles. The smallest absolute Gasteiger partial charge is 0.136 e. The second-order valence-corrected chi connectivity index (χ2v) is 3.37. The lowest BCUT2D eigenvalue weighted by molar-refractivity contribution is 0.382. The molecule has 0 radical (unpaired) electrons. The Bertz CT molecular complexity index is 94.2. The predicted molar refractivity (Wildman–Crippen MR) is 40.8 cm³/mol. The van der Waals surface area contributed by atoms with Gasteiger partial charge in [0.25, 0.3) is 0 Å². The summed E-state index contributed by atoms with van der Waals surface area (Å²) in [6.07, 6.45) is 0. The Balaban J connectivity index is 2.29. The predicted octanol–water partition coefficient (Wildman–Crippen LogP) is 0.455. The Kier molecular flexibility index (Phi) is 2.10. The molecule has 0 bridgehead atoms. The van der Waals surface area contributed by atoms with Gasteiger partial charge in [-0.2, -0.15) is 0 Å². The number of thiocarbonyl (C=S) groups is 1. The zero-order chi connectivity index (χ0) is 5.98. The molecule has 0 atom stereocenters. The standard InChI is InChI=1S/C4H8N2S2/c1-6-2-5-4(7)8-3-6/h2-3H2,1H3,(H,5,7).